The topological polar surface area (TPSA) is 96.6 Å². The van der Waals surface area contributed by atoms with Gasteiger partial charge in [-0.25, -0.2) is 13.8 Å². The van der Waals surface area contributed by atoms with Gasteiger partial charge in [0.25, 0.3) is 5.91 Å². The summed E-state index contributed by atoms with van der Waals surface area (Å²) in [5.41, 5.74) is 0.475. The number of carbonyl (C=O) groups is 1. The Morgan fingerprint density at radius 1 is 1.40 bits per heavy atom. The fourth-order valence-electron chi connectivity index (χ4n) is 3.36. The first-order valence-electron chi connectivity index (χ1n) is 9.20. The first kappa shape index (κ1) is 21.6. The van der Waals surface area contributed by atoms with Crippen LogP contribution in [0.5, 0.6) is 5.75 Å². The van der Waals surface area contributed by atoms with Crippen LogP contribution in [0, 0.1) is 10.7 Å². The highest BCUT2D eigenvalue weighted by Crippen LogP contribution is 2.32. The number of imidazole rings is 1. The lowest BCUT2D eigenvalue weighted by molar-refractivity contribution is 0.0961. The molecule has 0 bridgehead atoms. The Morgan fingerprint density at radius 3 is 2.77 bits per heavy atom. The van der Waals surface area contributed by atoms with Crippen molar-refractivity contribution in [2.45, 2.75) is 32.7 Å². The molecule has 1 amide bonds. The highest BCUT2D eigenvalue weighted by molar-refractivity contribution is 6.30. The van der Waals surface area contributed by atoms with Crippen LogP contribution in [0.2, 0.25) is 0 Å². The molecule has 0 atom stereocenters. The number of aromatic hydroxyl groups is 1. The van der Waals surface area contributed by atoms with E-state index in [-0.39, 0.29) is 34.2 Å². The van der Waals surface area contributed by atoms with Crippen molar-refractivity contribution in [1.82, 2.24) is 14.9 Å². The summed E-state index contributed by atoms with van der Waals surface area (Å²) in [7, 11) is 1.65. The van der Waals surface area contributed by atoms with Gasteiger partial charge in [-0.2, -0.15) is 4.91 Å². The maximum Gasteiger partial charge on any atom is 0.259 e. The Kier molecular flexibility index (Phi) is 6.31. The molecule has 0 spiro atoms. The fourth-order valence-corrected chi connectivity index (χ4v) is 3.61. The number of nitrogens with one attached hydrogen (secondary N) is 1. The largest absolute Gasteiger partial charge is 0.507 e. The van der Waals surface area contributed by atoms with E-state index in [1.54, 1.807) is 11.6 Å². The standard InChI is InChI=1S/C20H19ClF2N4O3/c1-3-16-15(9-24-30)25-19(27(16)2)10-8-17(28)11(7-14(10)23)20(29)26-18-12(21)5-4-6-13(18)22/h6-8,28H,3-5,9H2,1-2H3,(H,26,29). The molecule has 0 unspecified atom stereocenters. The van der Waals surface area contributed by atoms with Crippen molar-refractivity contribution in [1.29, 1.82) is 0 Å². The summed E-state index contributed by atoms with van der Waals surface area (Å²) in [4.78, 5) is 27.4. The van der Waals surface area contributed by atoms with Crippen LogP contribution < -0.4 is 5.32 Å². The number of rotatable bonds is 6. The molecular formula is C20H19ClF2N4O3. The summed E-state index contributed by atoms with van der Waals surface area (Å²) in [6.45, 7) is 1.69. The van der Waals surface area contributed by atoms with Gasteiger partial charge in [-0.05, 0) is 37.5 Å². The Balaban J connectivity index is 1.98. The quantitative estimate of drug-likeness (QED) is 0.647. The Bertz CT molecular complexity index is 1090. The number of nitrogens with zero attached hydrogens (tertiary/aromatic N) is 3. The smallest absolute Gasteiger partial charge is 0.259 e. The fraction of sp³-hybridized carbons (Fsp3) is 0.300. The number of amides is 1. The summed E-state index contributed by atoms with van der Waals surface area (Å²) in [6.07, 6.45) is 2.59. The maximum absolute atomic E-state index is 14.9. The minimum atomic E-state index is -0.906. The van der Waals surface area contributed by atoms with E-state index in [1.165, 1.54) is 6.08 Å². The van der Waals surface area contributed by atoms with Crippen LogP contribution in [0.1, 0.15) is 41.5 Å². The minimum absolute atomic E-state index is 0.0561. The molecule has 1 aliphatic rings. The first-order valence-corrected chi connectivity index (χ1v) is 9.58. The average Bonchev–Trinajstić information content (AvgIpc) is 3.01. The molecule has 1 aliphatic carbocycles. The van der Waals surface area contributed by atoms with Crippen molar-refractivity contribution >= 4 is 17.5 Å². The molecule has 158 valence electrons. The first-order chi connectivity index (χ1) is 14.3. The monoisotopic (exact) mass is 436 g/mol. The molecule has 30 heavy (non-hydrogen) atoms. The van der Waals surface area contributed by atoms with Crippen molar-refractivity contribution in [3.63, 3.8) is 0 Å². The summed E-state index contributed by atoms with van der Waals surface area (Å²) in [5.74, 6) is -2.75. The molecular weight excluding hydrogens is 418 g/mol. The van der Waals surface area contributed by atoms with Crippen molar-refractivity contribution < 1.29 is 18.7 Å². The molecule has 1 heterocycles. The zero-order valence-electron chi connectivity index (χ0n) is 16.3. The van der Waals surface area contributed by atoms with Crippen LogP contribution in [0.3, 0.4) is 0 Å². The lowest BCUT2D eigenvalue weighted by Gasteiger charge is -2.15. The van der Waals surface area contributed by atoms with Gasteiger partial charge in [0.05, 0.1) is 22.5 Å². The number of carbonyl (C=O) groups excluding carboxylic acids is 1. The number of halogens is 3. The molecule has 3 rings (SSSR count). The number of phenolic OH excluding ortho intramolecular Hbond substituents is 1. The number of phenols is 1. The SMILES string of the molecule is CCc1c(CN=O)nc(-c2cc(O)c(C(=O)NC3=C(Cl)CCC=C3F)cc2F)n1C. The van der Waals surface area contributed by atoms with E-state index in [9.17, 15) is 23.6 Å². The van der Waals surface area contributed by atoms with E-state index < -0.39 is 23.3 Å². The van der Waals surface area contributed by atoms with E-state index in [0.717, 1.165) is 12.1 Å². The van der Waals surface area contributed by atoms with Gasteiger partial charge < -0.3 is 15.0 Å². The third kappa shape index (κ3) is 3.97. The lowest BCUT2D eigenvalue weighted by atomic mass is 10.1. The van der Waals surface area contributed by atoms with Crippen LogP contribution in [0.4, 0.5) is 8.78 Å². The normalized spacial score (nSPS) is 14.0. The van der Waals surface area contributed by atoms with Crippen LogP contribution in [-0.4, -0.2) is 20.6 Å². The van der Waals surface area contributed by atoms with E-state index in [2.05, 4.69) is 15.5 Å². The van der Waals surface area contributed by atoms with Gasteiger partial charge in [-0.15, -0.1) is 0 Å². The summed E-state index contributed by atoms with van der Waals surface area (Å²) in [5, 5.41) is 15.6. The molecule has 1 aromatic carbocycles. The van der Waals surface area contributed by atoms with Crippen molar-refractivity contribution in [3.8, 4) is 17.1 Å². The number of hydrogen-bond acceptors (Lipinski definition) is 5. The zero-order chi connectivity index (χ0) is 22.0. The second kappa shape index (κ2) is 8.74. The number of hydrogen-bond donors (Lipinski definition) is 2. The number of benzene rings is 1. The van der Waals surface area contributed by atoms with Crippen LogP contribution in [-0.2, 0) is 20.0 Å². The summed E-state index contributed by atoms with van der Waals surface area (Å²) >= 11 is 5.97. The Labute approximate surface area is 176 Å². The lowest BCUT2D eigenvalue weighted by Crippen LogP contribution is -2.25. The molecule has 0 radical (unpaired) electrons. The second-order valence-electron chi connectivity index (χ2n) is 6.70. The predicted molar refractivity (Wildman–Crippen MR) is 108 cm³/mol. The molecule has 10 heteroatoms. The van der Waals surface area contributed by atoms with Gasteiger partial charge in [0, 0.05) is 17.8 Å². The molecule has 0 aliphatic heterocycles. The van der Waals surface area contributed by atoms with E-state index in [4.69, 9.17) is 11.6 Å². The molecule has 2 aromatic rings. The van der Waals surface area contributed by atoms with Crippen LogP contribution >= 0.6 is 11.6 Å². The molecule has 0 saturated carbocycles. The Hall–Kier alpha value is -3.07. The van der Waals surface area contributed by atoms with Gasteiger partial charge in [0.15, 0.2) is 0 Å². The van der Waals surface area contributed by atoms with Gasteiger partial charge in [0.1, 0.15) is 29.8 Å². The Morgan fingerprint density at radius 2 is 2.13 bits per heavy atom. The zero-order valence-corrected chi connectivity index (χ0v) is 17.1. The van der Waals surface area contributed by atoms with Crippen LogP contribution in [0.25, 0.3) is 11.4 Å². The second-order valence-corrected chi connectivity index (χ2v) is 7.16. The van der Waals surface area contributed by atoms with Gasteiger partial charge >= 0.3 is 0 Å². The van der Waals surface area contributed by atoms with Gasteiger partial charge in [-0.3, -0.25) is 4.79 Å². The third-order valence-electron chi connectivity index (χ3n) is 4.85. The number of nitroso groups, excluding NO2 is 1. The highest BCUT2D eigenvalue weighted by Gasteiger charge is 2.24. The van der Waals surface area contributed by atoms with Crippen molar-refractivity contribution in [3.05, 3.63) is 62.4 Å². The molecule has 0 saturated heterocycles. The maximum atomic E-state index is 14.9. The summed E-state index contributed by atoms with van der Waals surface area (Å²) in [6, 6.07) is 1.91. The van der Waals surface area contributed by atoms with Gasteiger partial charge in [-0.1, -0.05) is 23.7 Å². The number of allylic oxidation sites excluding steroid dienone is 3. The van der Waals surface area contributed by atoms with Crippen molar-refractivity contribution in [2.75, 3.05) is 0 Å². The minimum Gasteiger partial charge on any atom is -0.507 e. The molecule has 0 fully saturated rings. The van der Waals surface area contributed by atoms with E-state index >= 15 is 0 Å². The number of aromatic nitrogens is 2. The van der Waals surface area contributed by atoms with E-state index in [1.807, 2.05) is 6.92 Å². The predicted octanol–water partition coefficient (Wildman–Crippen LogP) is 4.59. The van der Waals surface area contributed by atoms with Crippen molar-refractivity contribution in [2.24, 2.45) is 12.2 Å². The molecule has 1 aromatic heterocycles. The molecule has 2 N–H and O–H groups in total. The third-order valence-corrected chi connectivity index (χ3v) is 5.23. The van der Waals surface area contributed by atoms with Gasteiger partial charge in [0.2, 0.25) is 0 Å². The van der Waals surface area contributed by atoms with E-state index in [0.29, 0.717) is 30.7 Å². The molecule has 7 nitrogen and oxygen atoms in total. The highest BCUT2D eigenvalue weighted by atomic mass is 35.5. The van der Waals surface area contributed by atoms with Crippen LogP contribution in [0.15, 0.2) is 39.9 Å². The average molecular weight is 437 g/mol. The summed E-state index contributed by atoms with van der Waals surface area (Å²) < 4.78 is 30.4.